The van der Waals surface area contributed by atoms with Crippen molar-refractivity contribution in [3.8, 4) is 11.5 Å². The third kappa shape index (κ3) is 4.75. The van der Waals surface area contributed by atoms with Gasteiger partial charge in [0, 0.05) is 19.6 Å². The molecule has 0 fully saturated rings. The summed E-state index contributed by atoms with van der Waals surface area (Å²) in [6.45, 7) is 7.90. The van der Waals surface area contributed by atoms with E-state index in [-0.39, 0.29) is 17.0 Å². The Balaban J connectivity index is 2.51. The van der Waals surface area contributed by atoms with Gasteiger partial charge in [0.05, 0.1) is 19.8 Å². The van der Waals surface area contributed by atoms with E-state index in [0.29, 0.717) is 28.8 Å². The largest absolute Gasteiger partial charge is 0.497 e. The molecule has 2 rings (SSSR count). The number of aryl methyl sites for hydroxylation is 2. The molecule has 0 radical (unpaired) electrons. The maximum absolute atomic E-state index is 13.4. The number of carbonyl (C=O) groups is 2. The lowest BCUT2D eigenvalue weighted by Crippen LogP contribution is -2.14. The zero-order valence-electron chi connectivity index (χ0n) is 16.8. The molecule has 4 nitrogen and oxygen atoms in total. The Morgan fingerprint density at radius 2 is 1.59 bits per heavy atom. The third-order valence-electron chi connectivity index (χ3n) is 4.37. The van der Waals surface area contributed by atoms with Crippen molar-refractivity contribution in [2.24, 2.45) is 5.92 Å². The van der Waals surface area contributed by atoms with E-state index < -0.39 is 7.92 Å². The lowest BCUT2D eigenvalue weighted by Gasteiger charge is -2.20. The van der Waals surface area contributed by atoms with Crippen LogP contribution in [0, 0.1) is 19.8 Å². The molecule has 5 heteroatoms. The standard InChI is InChI=1S/C22H27O4P/c1-14(2)13-27(22(24)20-15(3)8-7-9-16(20)4)21(23)18-11-10-17(25-5)12-19(18)26-6/h7-12,14H,13H2,1-6H3. The highest BCUT2D eigenvalue weighted by Crippen LogP contribution is 2.47. The van der Waals surface area contributed by atoms with Crippen molar-refractivity contribution >= 4 is 19.0 Å². The van der Waals surface area contributed by atoms with E-state index in [9.17, 15) is 9.59 Å². The maximum atomic E-state index is 13.4. The summed E-state index contributed by atoms with van der Waals surface area (Å²) in [5, 5.41) is 0. The number of methoxy groups -OCH3 is 2. The molecule has 2 aromatic rings. The quantitative estimate of drug-likeness (QED) is 0.567. The Morgan fingerprint density at radius 3 is 2.11 bits per heavy atom. The summed E-state index contributed by atoms with van der Waals surface area (Å²) < 4.78 is 10.6. The van der Waals surface area contributed by atoms with Crippen LogP contribution in [0.15, 0.2) is 36.4 Å². The highest BCUT2D eigenvalue weighted by Gasteiger charge is 2.32. The molecule has 1 unspecified atom stereocenters. The third-order valence-corrected chi connectivity index (χ3v) is 6.91. The number of hydrogen-bond donors (Lipinski definition) is 0. The monoisotopic (exact) mass is 386 g/mol. The summed E-state index contributed by atoms with van der Waals surface area (Å²) in [6, 6.07) is 10.9. The lowest BCUT2D eigenvalue weighted by molar-refractivity contribution is 0.104. The van der Waals surface area contributed by atoms with E-state index >= 15 is 0 Å². The van der Waals surface area contributed by atoms with Crippen LogP contribution < -0.4 is 9.47 Å². The Morgan fingerprint density at radius 1 is 0.963 bits per heavy atom. The number of hydrogen-bond acceptors (Lipinski definition) is 4. The summed E-state index contributed by atoms with van der Waals surface area (Å²) >= 11 is 0. The zero-order valence-corrected chi connectivity index (χ0v) is 17.7. The fraction of sp³-hybridized carbons (Fsp3) is 0.364. The van der Waals surface area contributed by atoms with E-state index in [1.165, 1.54) is 7.11 Å². The van der Waals surface area contributed by atoms with Crippen molar-refractivity contribution in [3.05, 3.63) is 58.7 Å². The van der Waals surface area contributed by atoms with Gasteiger partial charge in [-0.2, -0.15) is 0 Å². The summed E-state index contributed by atoms with van der Waals surface area (Å²) in [5.74, 6) is 1.28. The smallest absolute Gasteiger partial charge is 0.195 e. The number of ether oxygens (including phenoxy) is 2. The number of carbonyl (C=O) groups excluding carboxylic acids is 2. The van der Waals surface area contributed by atoms with E-state index in [4.69, 9.17) is 9.47 Å². The summed E-state index contributed by atoms with van der Waals surface area (Å²) in [7, 11) is 1.54. The van der Waals surface area contributed by atoms with Gasteiger partial charge in [-0.05, 0) is 49.2 Å². The molecule has 0 saturated heterocycles. The first kappa shape index (κ1) is 21.1. The van der Waals surface area contributed by atoms with E-state index in [1.807, 2.05) is 45.9 Å². The summed E-state index contributed by atoms with van der Waals surface area (Å²) in [6.07, 6.45) is 0.552. The molecule has 27 heavy (non-hydrogen) atoms. The van der Waals surface area contributed by atoms with E-state index in [2.05, 4.69) is 0 Å². The van der Waals surface area contributed by atoms with Gasteiger partial charge in [-0.1, -0.05) is 32.0 Å². The van der Waals surface area contributed by atoms with Crippen LogP contribution in [-0.4, -0.2) is 31.4 Å². The first-order valence-corrected chi connectivity index (χ1v) is 10.5. The maximum Gasteiger partial charge on any atom is 0.195 e. The summed E-state index contributed by atoms with van der Waals surface area (Å²) in [5.41, 5.74) is 2.72. The average molecular weight is 386 g/mol. The molecule has 0 amide bonds. The molecule has 0 aromatic heterocycles. The second-order valence-corrected chi connectivity index (χ2v) is 8.98. The van der Waals surface area contributed by atoms with Gasteiger partial charge in [-0.3, -0.25) is 9.59 Å². The molecule has 0 aliphatic heterocycles. The Hall–Kier alpha value is -2.19. The van der Waals surface area contributed by atoms with Crippen LogP contribution in [0.1, 0.15) is 45.7 Å². The molecule has 0 aliphatic rings. The van der Waals surface area contributed by atoms with Crippen molar-refractivity contribution in [3.63, 3.8) is 0 Å². The minimum atomic E-state index is -1.54. The highest BCUT2D eigenvalue weighted by molar-refractivity contribution is 7.90. The molecule has 0 saturated carbocycles. The molecule has 0 aliphatic carbocycles. The van der Waals surface area contributed by atoms with E-state index in [1.54, 1.807) is 25.3 Å². The zero-order chi connectivity index (χ0) is 20.1. The highest BCUT2D eigenvalue weighted by atomic mass is 31.1. The first-order chi connectivity index (χ1) is 12.8. The van der Waals surface area contributed by atoms with Crippen LogP contribution in [0.5, 0.6) is 11.5 Å². The molecule has 0 bridgehead atoms. The molecular weight excluding hydrogens is 359 g/mol. The summed E-state index contributed by atoms with van der Waals surface area (Å²) in [4.78, 5) is 26.8. The van der Waals surface area contributed by atoms with Gasteiger partial charge < -0.3 is 9.47 Å². The minimum absolute atomic E-state index is 0.0582. The molecule has 0 N–H and O–H groups in total. The number of rotatable bonds is 8. The Bertz CT molecular complexity index is 822. The van der Waals surface area contributed by atoms with Crippen LogP contribution in [0.2, 0.25) is 0 Å². The fourth-order valence-corrected chi connectivity index (χ4v) is 5.38. The average Bonchev–Trinajstić information content (AvgIpc) is 2.64. The fourth-order valence-electron chi connectivity index (χ4n) is 3.03. The number of benzene rings is 2. The molecule has 2 aromatic carbocycles. The second-order valence-electron chi connectivity index (χ2n) is 6.95. The van der Waals surface area contributed by atoms with Crippen molar-refractivity contribution in [2.75, 3.05) is 20.4 Å². The predicted molar refractivity (Wildman–Crippen MR) is 111 cm³/mol. The molecule has 0 heterocycles. The van der Waals surface area contributed by atoms with Crippen molar-refractivity contribution in [2.45, 2.75) is 27.7 Å². The van der Waals surface area contributed by atoms with Crippen LogP contribution in [0.25, 0.3) is 0 Å². The van der Waals surface area contributed by atoms with Crippen LogP contribution >= 0.6 is 7.92 Å². The van der Waals surface area contributed by atoms with Gasteiger partial charge in [0.15, 0.2) is 11.0 Å². The van der Waals surface area contributed by atoms with Gasteiger partial charge >= 0.3 is 0 Å². The molecule has 1 atom stereocenters. The van der Waals surface area contributed by atoms with E-state index in [0.717, 1.165) is 11.1 Å². The van der Waals surface area contributed by atoms with Crippen molar-refractivity contribution < 1.29 is 19.1 Å². The van der Waals surface area contributed by atoms with Crippen molar-refractivity contribution in [1.29, 1.82) is 0 Å². The van der Waals surface area contributed by atoms with Gasteiger partial charge in [-0.25, -0.2) is 0 Å². The van der Waals surface area contributed by atoms with Crippen molar-refractivity contribution in [1.82, 2.24) is 0 Å². The molecule has 0 spiro atoms. The second kappa shape index (κ2) is 9.14. The van der Waals surface area contributed by atoms with Gasteiger partial charge in [0.1, 0.15) is 11.5 Å². The van der Waals surface area contributed by atoms with Crippen LogP contribution in [0.4, 0.5) is 0 Å². The van der Waals surface area contributed by atoms with Crippen LogP contribution in [-0.2, 0) is 0 Å². The van der Waals surface area contributed by atoms with Gasteiger partial charge in [0.25, 0.3) is 0 Å². The predicted octanol–water partition coefficient (Wildman–Crippen LogP) is 5.44. The lowest BCUT2D eigenvalue weighted by atomic mass is 10.0. The topological polar surface area (TPSA) is 52.6 Å². The minimum Gasteiger partial charge on any atom is -0.497 e. The van der Waals surface area contributed by atoms with Crippen LogP contribution in [0.3, 0.4) is 0 Å². The first-order valence-electron chi connectivity index (χ1n) is 8.94. The molecular formula is C22H27O4P. The normalized spacial score (nSPS) is 12.0. The van der Waals surface area contributed by atoms with Gasteiger partial charge in [0.2, 0.25) is 0 Å². The SMILES string of the molecule is COc1ccc(C(=O)P(CC(C)C)C(=O)c2c(C)cccc2C)c(OC)c1. The Kier molecular flexibility index (Phi) is 7.15. The Labute approximate surface area is 162 Å². The van der Waals surface area contributed by atoms with Gasteiger partial charge in [-0.15, -0.1) is 0 Å². The molecule has 144 valence electrons.